The number of rotatable bonds is 5. The lowest BCUT2D eigenvalue weighted by Crippen LogP contribution is -1.96. The summed E-state index contributed by atoms with van der Waals surface area (Å²) in [5.74, 6) is 0.0665. The summed E-state index contributed by atoms with van der Waals surface area (Å²) in [6.45, 7) is 1.33. The van der Waals surface area contributed by atoms with Crippen LogP contribution < -0.4 is 0 Å². The Bertz CT molecular complexity index is 132. The maximum Gasteiger partial charge on any atom is 0.417 e. The summed E-state index contributed by atoms with van der Waals surface area (Å²) >= 11 is 0. The van der Waals surface area contributed by atoms with E-state index in [1.165, 1.54) is 6.47 Å². The summed E-state index contributed by atoms with van der Waals surface area (Å²) in [6, 6.07) is 0. The highest BCUT2D eigenvalue weighted by molar-refractivity contribution is 7.72. The Balaban J connectivity index is 3.00. The molecule has 0 amide bonds. The Morgan fingerprint density at radius 3 is 2.56 bits per heavy atom. The normalized spacial score (nSPS) is 9.44. The quantitative estimate of drug-likeness (QED) is 0.407. The Morgan fingerprint density at radius 1 is 1.44 bits per heavy atom. The predicted octanol–water partition coefficient (Wildman–Crippen LogP) is -0.928. The van der Waals surface area contributed by atoms with E-state index < -0.39 is 10.7 Å². The van der Waals surface area contributed by atoms with Crippen molar-refractivity contribution < 1.29 is 17.9 Å². The topological polar surface area (TPSA) is 60.4 Å². The zero-order chi connectivity index (χ0) is 7.11. The molecule has 0 rings (SSSR count). The first-order chi connectivity index (χ1) is 4.27. The molecule has 4 nitrogen and oxygen atoms in total. The number of hydrogen-bond donors (Lipinski definition) is 1. The lowest BCUT2D eigenvalue weighted by molar-refractivity contribution is 0.278. The van der Waals surface area contributed by atoms with Crippen LogP contribution in [0.3, 0.4) is 0 Å². The second-order valence-electron chi connectivity index (χ2n) is 1.34. The van der Waals surface area contributed by atoms with Gasteiger partial charge in [0.15, 0.2) is 0 Å². The van der Waals surface area contributed by atoms with Gasteiger partial charge < -0.3 is 4.74 Å². The van der Waals surface area contributed by atoms with Crippen LogP contribution in [0.2, 0.25) is 0 Å². The van der Waals surface area contributed by atoms with Crippen molar-refractivity contribution in [3.63, 3.8) is 0 Å². The Hall–Kier alpha value is -0.580. The van der Waals surface area contributed by atoms with Gasteiger partial charge in [0, 0.05) is 0 Å². The highest BCUT2D eigenvalue weighted by atomic mass is 32.2. The SMILES string of the molecule is O=[C]OCCC[SH](=O)=O. The van der Waals surface area contributed by atoms with Gasteiger partial charge in [0.05, 0.1) is 12.4 Å². The van der Waals surface area contributed by atoms with E-state index in [0.717, 1.165) is 0 Å². The summed E-state index contributed by atoms with van der Waals surface area (Å²) in [5.41, 5.74) is 0. The second-order valence-corrected chi connectivity index (χ2v) is 2.45. The van der Waals surface area contributed by atoms with Crippen molar-refractivity contribution in [2.24, 2.45) is 0 Å². The molecule has 0 bridgehead atoms. The average molecular weight is 151 g/mol. The van der Waals surface area contributed by atoms with Crippen LogP contribution in [0.15, 0.2) is 0 Å². The van der Waals surface area contributed by atoms with Gasteiger partial charge in [-0.1, -0.05) is 0 Å². The number of thiol groups is 1. The molecule has 0 aromatic heterocycles. The molecule has 0 aromatic carbocycles. The molecule has 0 aliphatic rings. The molecule has 0 heterocycles. The highest BCUT2D eigenvalue weighted by Gasteiger charge is 1.87. The summed E-state index contributed by atoms with van der Waals surface area (Å²) in [4.78, 5) is 9.35. The van der Waals surface area contributed by atoms with Gasteiger partial charge >= 0.3 is 6.47 Å². The van der Waals surface area contributed by atoms with Crippen molar-refractivity contribution in [2.75, 3.05) is 12.4 Å². The van der Waals surface area contributed by atoms with Crippen molar-refractivity contribution in [3.05, 3.63) is 0 Å². The van der Waals surface area contributed by atoms with E-state index >= 15 is 0 Å². The van der Waals surface area contributed by atoms with Crippen LogP contribution >= 0.6 is 0 Å². The molecule has 0 spiro atoms. The van der Waals surface area contributed by atoms with E-state index in [2.05, 4.69) is 4.74 Å². The third kappa shape index (κ3) is 7.42. The molecule has 0 N–H and O–H groups in total. The first-order valence-corrected chi connectivity index (χ1v) is 3.74. The molecule has 0 aliphatic heterocycles. The molecular formula is C4H7O4S. The van der Waals surface area contributed by atoms with Gasteiger partial charge in [-0.15, -0.1) is 0 Å². The molecule has 0 aromatic rings. The van der Waals surface area contributed by atoms with Gasteiger partial charge in [0.2, 0.25) is 0 Å². The molecule has 0 atom stereocenters. The molecule has 9 heavy (non-hydrogen) atoms. The van der Waals surface area contributed by atoms with Crippen LogP contribution in [0, 0.1) is 0 Å². The van der Waals surface area contributed by atoms with Gasteiger partial charge in [-0.25, -0.2) is 13.2 Å². The highest BCUT2D eigenvalue weighted by Crippen LogP contribution is 1.79. The zero-order valence-electron chi connectivity index (χ0n) is 4.70. The summed E-state index contributed by atoms with van der Waals surface area (Å²) in [6.07, 6.45) is 0.355. The maximum atomic E-state index is 9.85. The standard InChI is InChI=1S/C4H7O4S/c5-4-8-2-1-3-9(6)7/h9H,1-3H2. The van der Waals surface area contributed by atoms with Crippen LogP contribution in [-0.4, -0.2) is 27.2 Å². The second kappa shape index (κ2) is 5.55. The monoisotopic (exact) mass is 151 g/mol. The van der Waals surface area contributed by atoms with E-state index in [1.807, 2.05) is 0 Å². The zero-order valence-corrected chi connectivity index (χ0v) is 5.60. The summed E-state index contributed by atoms with van der Waals surface area (Å²) in [5, 5.41) is 0. The largest absolute Gasteiger partial charge is 0.457 e. The van der Waals surface area contributed by atoms with Gasteiger partial charge in [0.25, 0.3) is 0 Å². The smallest absolute Gasteiger partial charge is 0.417 e. The van der Waals surface area contributed by atoms with Gasteiger partial charge in [-0.2, -0.15) is 0 Å². The minimum atomic E-state index is -2.33. The van der Waals surface area contributed by atoms with Crippen molar-refractivity contribution in [1.82, 2.24) is 0 Å². The molecule has 0 unspecified atom stereocenters. The number of carbonyl (C=O) groups excluding carboxylic acids is 1. The lowest BCUT2D eigenvalue weighted by atomic mass is 10.5. The minimum absolute atomic E-state index is 0.0665. The molecule has 5 heteroatoms. The molecule has 0 fully saturated rings. The molecule has 0 saturated heterocycles. The molecule has 0 aliphatic carbocycles. The van der Waals surface area contributed by atoms with Crippen molar-refractivity contribution >= 4 is 17.2 Å². The lowest BCUT2D eigenvalue weighted by Gasteiger charge is -1.89. The molecule has 1 radical (unpaired) electrons. The van der Waals surface area contributed by atoms with E-state index in [-0.39, 0.29) is 12.4 Å². The minimum Gasteiger partial charge on any atom is -0.457 e. The average Bonchev–Trinajstić information content (AvgIpc) is 1.80. The van der Waals surface area contributed by atoms with Gasteiger partial charge in [-0.3, -0.25) is 0 Å². The fourth-order valence-corrected chi connectivity index (χ4v) is 0.695. The van der Waals surface area contributed by atoms with Gasteiger partial charge in [-0.05, 0) is 6.42 Å². The summed E-state index contributed by atoms with van der Waals surface area (Å²) < 4.78 is 23.8. The Morgan fingerprint density at radius 2 is 2.11 bits per heavy atom. The third-order valence-electron chi connectivity index (χ3n) is 0.646. The number of ether oxygens (including phenoxy) is 1. The summed E-state index contributed by atoms with van der Waals surface area (Å²) in [7, 11) is -2.33. The van der Waals surface area contributed by atoms with Crippen LogP contribution in [0.25, 0.3) is 0 Å². The molecule has 0 saturated carbocycles. The Kier molecular flexibility index (Phi) is 5.20. The maximum absolute atomic E-state index is 9.85. The Labute approximate surface area is 54.8 Å². The third-order valence-corrected chi connectivity index (χ3v) is 1.33. The molecular weight excluding hydrogens is 144 g/mol. The van der Waals surface area contributed by atoms with E-state index in [9.17, 15) is 13.2 Å². The molecule has 53 valence electrons. The van der Waals surface area contributed by atoms with Crippen LogP contribution in [0.1, 0.15) is 6.42 Å². The van der Waals surface area contributed by atoms with Crippen LogP contribution in [0.5, 0.6) is 0 Å². The van der Waals surface area contributed by atoms with Crippen molar-refractivity contribution in [2.45, 2.75) is 6.42 Å². The van der Waals surface area contributed by atoms with E-state index in [1.54, 1.807) is 0 Å². The van der Waals surface area contributed by atoms with Crippen LogP contribution in [0.4, 0.5) is 0 Å². The van der Waals surface area contributed by atoms with E-state index in [0.29, 0.717) is 6.42 Å². The fraction of sp³-hybridized carbons (Fsp3) is 0.750. The van der Waals surface area contributed by atoms with Crippen molar-refractivity contribution in [1.29, 1.82) is 0 Å². The van der Waals surface area contributed by atoms with E-state index in [4.69, 9.17) is 0 Å². The fourth-order valence-electron chi connectivity index (χ4n) is 0.307. The van der Waals surface area contributed by atoms with Crippen LogP contribution in [-0.2, 0) is 20.2 Å². The first kappa shape index (κ1) is 8.42. The van der Waals surface area contributed by atoms with Crippen molar-refractivity contribution in [3.8, 4) is 0 Å². The first-order valence-electron chi connectivity index (χ1n) is 2.38. The van der Waals surface area contributed by atoms with Gasteiger partial charge in [0.1, 0.15) is 10.7 Å². The number of hydrogen-bond acceptors (Lipinski definition) is 4. The predicted molar refractivity (Wildman–Crippen MR) is 31.4 cm³/mol.